The fourth-order valence-corrected chi connectivity index (χ4v) is 3.05. The van der Waals surface area contributed by atoms with Crippen molar-refractivity contribution < 1.29 is 4.42 Å². The van der Waals surface area contributed by atoms with Gasteiger partial charge in [-0.15, -0.1) is 10.2 Å². The topological polar surface area (TPSA) is 47.1 Å². The Kier molecular flexibility index (Phi) is 4.25. The zero-order valence-electron chi connectivity index (χ0n) is 13.5. The Hall–Kier alpha value is -2.66. The van der Waals surface area contributed by atoms with Gasteiger partial charge >= 0.3 is 0 Å². The van der Waals surface area contributed by atoms with Gasteiger partial charge in [0, 0.05) is 38.2 Å². The second kappa shape index (κ2) is 6.84. The molecule has 0 unspecified atom stereocenters. The van der Waals surface area contributed by atoms with Gasteiger partial charge in [-0.3, -0.25) is 4.90 Å². The van der Waals surface area contributed by atoms with E-state index in [1.165, 1.54) is 0 Å². The van der Waals surface area contributed by atoms with Crippen molar-refractivity contribution in [3.05, 3.63) is 66.4 Å². The third-order valence-electron chi connectivity index (χ3n) is 4.34. The minimum atomic E-state index is 0.897. The molecule has 1 aliphatic rings. The molecule has 0 fully saturated rings. The molecule has 1 aliphatic heterocycles. The van der Waals surface area contributed by atoms with Gasteiger partial charge in [0.15, 0.2) is 5.82 Å². The van der Waals surface area contributed by atoms with E-state index in [0.29, 0.717) is 0 Å². The van der Waals surface area contributed by atoms with Gasteiger partial charge in [-0.1, -0.05) is 36.4 Å². The number of aromatic nitrogens is 3. The summed E-state index contributed by atoms with van der Waals surface area (Å²) in [5, 5.41) is 8.80. The number of benzene rings is 1. The summed E-state index contributed by atoms with van der Waals surface area (Å²) in [4.78, 5) is 2.43. The number of rotatable bonds is 4. The molecule has 0 atom stereocenters. The van der Waals surface area contributed by atoms with Gasteiger partial charge in [0.2, 0.25) is 0 Å². The predicted molar refractivity (Wildman–Crippen MR) is 93.3 cm³/mol. The quantitative estimate of drug-likeness (QED) is 0.741. The van der Waals surface area contributed by atoms with Crippen LogP contribution in [0.3, 0.4) is 0 Å². The predicted octanol–water partition coefficient (Wildman–Crippen LogP) is 3.11. The Morgan fingerprint density at radius 3 is 2.75 bits per heavy atom. The van der Waals surface area contributed by atoms with E-state index >= 15 is 0 Å². The van der Waals surface area contributed by atoms with Gasteiger partial charge in [-0.05, 0) is 18.2 Å². The molecule has 0 radical (unpaired) electrons. The van der Waals surface area contributed by atoms with Crippen LogP contribution in [0, 0.1) is 0 Å². The number of nitrogens with zero attached hydrogens (tertiary/aromatic N) is 4. The maximum absolute atomic E-state index is 5.32. The van der Waals surface area contributed by atoms with E-state index < -0.39 is 0 Å². The molecule has 0 amide bonds. The van der Waals surface area contributed by atoms with Gasteiger partial charge in [0.1, 0.15) is 11.6 Å². The van der Waals surface area contributed by atoms with Gasteiger partial charge in [-0.2, -0.15) is 0 Å². The highest BCUT2D eigenvalue weighted by Gasteiger charge is 2.18. The summed E-state index contributed by atoms with van der Waals surface area (Å²) in [7, 11) is 0. The van der Waals surface area contributed by atoms with Crippen LogP contribution < -0.4 is 0 Å². The minimum absolute atomic E-state index is 0.897. The van der Waals surface area contributed by atoms with Gasteiger partial charge < -0.3 is 8.98 Å². The molecule has 0 aliphatic carbocycles. The summed E-state index contributed by atoms with van der Waals surface area (Å²) in [5.41, 5.74) is 1.13. The SMILES string of the molecule is C(=C\c1ccco1)/CN1CCc2nnc(-c3ccccc3)n2CC1. The van der Waals surface area contributed by atoms with Crippen molar-refractivity contribution in [2.45, 2.75) is 13.0 Å². The van der Waals surface area contributed by atoms with Crippen molar-refractivity contribution in [2.75, 3.05) is 19.6 Å². The molecule has 0 bridgehead atoms. The summed E-state index contributed by atoms with van der Waals surface area (Å²) < 4.78 is 7.58. The molecule has 4 rings (SSSR count). The summed E-state index contributed by atoms with van der Waals surface area (Å²) in [6.07, 6.45) is 6.81. The normalized spacial score (nSPS) is 15.5. The van der Waals surface area contributed by atoms with Crippen LogP contribution in [0.4, 0.5) is 0 Å². The molecule has 1 aromatic carbocycles. The van der Waals surface area contributed by atoms with Crippen molar-refractivity contribution in [3.8, 4) is 11.4 Å². The average Bonchev–Trinajstić information content (AvgIpc) is 3.23. The molecule has 5 heteroatoms. The minimum Gasteiger partial charge on any atom is -0.465 e. The lowest BCUT2D eigenvalue weighted by Gasteiger charge is -2.17. The van der Waals surface area contributed by atoms with Crippen LogP contribution in [-0.4, -0.2) is 39.3 Å². The van der Waals surface area contributed by atoms with Crippen LogP contribution >= 0.6 is 0 Å². The van der Waals surface area contributed by atoms with Crippen LogP contribution in [0.15, 0.2) is 59.2 Å². The van der Waals surface area contributed by atoms with E-state index in [4.69, 9.17) is 4.42 Å². The van der Waals surface area contributed by atoms with Gasteiger partial charge in [-0.25, -0.2) is 0 Å². The number of furan rings is 1. The van der Waals surface area contributed by atoms with Gasteiger partial charge in [0.25, 0.3) is 0 Å². The first-order chi connectivity index (χ1) is 11.9. The Morgan fingerprint density at radius 1 is 1.00 bits per heavy atom. The van der Waals surface area contributed by atoms with E-state index in [2.05, 4.69) is 37.9 Å². The molecule has 3 aromatic rings. The molecular formula is C19H20N4O. The first-order valence-electron chi connectivity index (χ1n) is 8.30. The third kappa shape index (κ3) is 3.16. The number of hydrogen-bond donors (Lipinski definition) is 0. The Balaban J connectivity index is 1.44. The van der Waals surface area contributed by atoms with Crippen molar-refractivity contribution in [1.82, 2.24) is 19.7 Å². The molecule has 0 N–H and O–H groups in total. The second-order valence-electron chi connectivity index (χ2n) is 5.93. The standard InChI is InChI=1S/C19H20N4O/c1-2-6-16(7-3-1)19-21-20-18-10-12-22(13-14-23(18)19)11-4-8-17-9-5-15-24-17/h1-9,15H,10-14H2/b8-4+. The van der Waals surface area contributed by atoms with Crippen LogP contribution in [0.25, 0.3) is 17.5 Å². The highest BCUT2D eigenvalue weighted by atomic mass is 16.3. The highest BCUT2D eigenvalue weighted by Crippen LogP contribution is 2.20. The fraction of sp³-hybridized carbons (Fsp3) is 0.263. The molecular weight excluding hydrogens is 300 g/mol. The molecule has 2 aromatic heterocycles. The Morgan fingerprint density at radius 2 is 1.92 bits per heavy atom. The summed E-state index contributed by atoms with van der Waals surface area (Å²) in [6, 6.07) is 14.2. The van der Waals surface area contributed by atoms with Crippen LogP contribution in [0.2, 0.25) is 0 Å². The van der Waals surface area contributed by atoms with Crippen LogP contribution in [0.1, 0.15) is 11.6 Å². The van der Waals surface area contributed by atoms with Crippen LogP contribution in [0.5, 0.6) is 0 Å². The number of hydrogen-bond acceptors (Lipinski definition) is 4. The van der Waals surface area contributed by atoms with E-state index in [1.54, 1.807) is 6.26 Å². The summed E-state index contributed by atoms with van der Waals surface area (Å²) in [6.45, 7) is 3.82. The first-order valence-corrected chi connectivity index (χ1v) is 8.30. The maximum Gasteiger partial charge on any atom is 0.164 e. The molecule has 3 heterocycles. The number of fused-ring (bicyclic) bond motifs is 1. The van der Waals surface area contributed by atoms with Crippen molar-refractivity contribution >= 4 is 6.08 Å². The van der Waals surface area contributed by atoms with E-state index in [-0.39, 0.29) is 0 Å². The molecule has 24 heavy (non-hydrogen) atoms. The van der Waals surface area contributed by atoms with E-state index in [0.717, 1.165) is 55.6 Å². The lowest BCUT2D eigenvalue weighted by atomic mass is 10.2. The highest BCUT2D eigenvalue weighted by molar-refractivity contribution is 5.55. The maximum atomic E-state index is 5.32. The molecule has 5 nitrogen and oxygen atoms in total. The molecule has 0 saturated heterocycles. The molecule has 0 saturated carbocycles. The summed E-state index contributed by atoms with van der Waals surface area (Å²) in [5.74, 6) is 2.94. The lowest BCUT2D eigenvalue weighted by Crippen LogP contribution is -2.27. The lowest BCUT2D eigenvalue weighted by molar-refractivity contribution is 0.309. The second-order valence-corrected chi connectivity index (χ2v) is 5.93. The van der Waals surface area contributed by atoms with Crippen molar-refractivity contribution in [2.24, 2.45) is 0 Å². The zero-order valence-corrected chi connectivity index (χ0v) is 13.5. The summed E-state index contributed by atoms with van der Waals surface area (Å²) >= 11 is 0. The van der Waals surface area contributed by atoms with E-state index in [9.17, 15) is 0 Å². The van der Waals surface area contributed by atoms with Gasteiger partial charge in [0.05, 0.1) is 6.26 Å². The Labute approximate surface area is 141 Å². The molecule has 122 valence electrons. The molecule has 0 spiro atoms. The van der Waals surface area contributed by atoms with E-state index in [1.807, 2.05) is 36.4 Å². The first kappa shape index (κ1) is 14.9. The average molecular weight is 320 g/mol. The largest absolute Gasteiger partial charge is 0.465 e. The van der Waals surface area contributed by atoms with Crippen molar-refractivity contribution in [3.63, 3.8) is 0 Å². The third-order valence-corrected chi connectivity index (χ3v) is 4.34. The van der Waals surface area contributed by atoms with Crippen molar-refractivity contribution in [1.29, 1.82) is 0 Å². The zero-order chi connectivity index (χ0) is 16.2. The fourth-order valence-electron chi connectivity index (χ4n) is 3.05. The Bertz CT molecular complexity index is 805. The van der Waals surface area contributed by atoms with Crippen LogP contribution in [-0.2, 0) is 13.0 Å². The smallest absolute Gasteiger partial charge is 0.164 e. The monoisotopic (exact) mass is 320 g/mol.